The molecule has 0 amide bonds. The Bertz CT molecular complexity index is 969. The lowest BCUT2D eigenvalue weighted by atomic mass is 9.94. The molecule has 0 unspecified atom stereocenters. The SMILES string of the molecule is O=C(Cc1cccc(-c2ccncc2)c1)[C@H](Cc1ccccc1)NCCC1CCOCC1. The number of Topliss-reactive ketones (excluding diaryl/α,β-unsaturated/α-hetero) is 1. The van der Waals surface area contributed by atoms with Crippen molar-refractivity contribution >= 4 is 5.78 Å². The molecule has 2 heterocycles. The monoisotopic (exact) mass is 428 g/mol. The average Bonchev–Trinajstić information content (AvgIpc) is 2.85. The van der Waals surface area contributed by atoms with Gasteiger partial charge in [0, 0.05) is 32.0 Å². The zero-order chi connectivity index (χ0) is 22.0. The molecular formula is C28H32N2O2. The van der Waals surface area contributed by atoms with E-state index in [2.05, 4.69) is 34.6 Å². The van der Waals surface area contributed by atoms with Gasteiger partial charge in [-0.1, -0.05) is 54.6 Å². The number of aromatic nitrogens is 1. The first-order valence-electron chi connectivity index (χ1n) is 11.6. The van der Waals surface area contributed by atoms with E-state index in [1.165, 1.54) is 5.56 Å². The molecule has 0 saturated carbocycles. The molecule has 1 N–H and O–H groups in total. The predicted octanol–water partition coefficient (Wildman–Crippen LogP) is 4.88. The van der Waals surface area contributed by atoms with E-state index in [0.717, 1.165) is 62.1 Å². The maximum absolute atomic E-state index is 13.4. The highest BCUT2D eigenvalue weighted by Crippen LogP contribution is 2.21. The molecule has 1 aliphatic heterocycles. The second-order valence-electron chi connectivity index (χ2n) is 8.62. The van der Waals surface area contributed by atoms with Crippen LogP contribution in [0.5, 0.6) is 0 Å². The number of ether oxygens (including phenoxy) is 1. The number of pyridine rings is 1. The third-order valence-electron chi connectivity index (χ3n) is 6.27. The van der Waals surface area contributed by atoms with E-state index in [1.54, 1.807) is 12.4 Å². The van der Waals surface area contributed by atoms with Crippen molar-refractivity contribution in [3.05, 3.63) is 90.3 Å². The zero-order valence-electron chi connectivity index (χ0n) is 18.6. The Labute approximate surface area is 191 Å². The number of hydrogen-bond donors (Lipinski definition) is 1. The van der Waals surface area contributed by atoms with Gasteiger partial charge in [0.1, 0.15) is 0 Å². The fraction of sp³-hybridized carbons (Fsp3) is 0.357. The maximum Gasteiger partial charge on any atom is 0.154 e. The van der Waals surface area contributed by atoms with Crippen molar-refractivity contribution in [2.45, 2.75) is 38.1 Å². The summed E-state index contributed by atoms with van der Waals surface area (Å²) in [5.41, 5.74) is 4.47. The topological polar surface area (TPSA) is 51.2 Å². The Hall–Kier alpha value is -2.82. The Balaban J connectivity index is 1.42. The summed E-state index contributed by atoms with van der Waals surface area (Å²) in [5.74, 6) is 0.938. The van der Waals surface area contributed by atoms with Gasteiger partial charge >= 0.3 is 0 Å². The first-order chi connectivity index (χ1) is 15.8. The molecule has 1 aromatic heterocycles. The molecule has 1 saturated heterocycles. The summed E-state index contributed by atoms with van der Waals surface area (Å²) >= 11 is 0. The number of benzene rings is 2. The van der Waals surface area contributed by atoms with Crippen molar-refractivity contribution in [1.82, 2.24) is 10.3 Å². The van der Waals surface area contributed by atoms with Gasteiger partial charge in [-0.25, -0.2) is 0 Å². The lowest BCUT2D eigenvalue weighted by Crippen LogP contribution is -2.40. The minimum Gasteiger partial charge on any atom is -0.381 e. The zero-order valence-corrected chi connectivity index (χ0v) is 18.6. The van der Waals surface area contributed by atoms with Crippen molar-refractivity contribution < 1.29 is 9.53 Å². The van der Waals surface area contributed by atoms with Gasteiger partial charge in [-0.3, -0.25) is 9.78 Å². The van der Waals surface area contributed by atoms with Crippen LogP contribution in [0.2, 0.25) is 0 Å². The summed E-state index contributed by atoms with van der Waals surface area (Å²) in [4.78, 5) is 17.5. The minimum atomic E-state index is -0.179. The summed E-state index contributed by atoms with van der Waals surface area (Å²) in [7, 11) is 0. The fourth-order valence-corrected chi connectivity index (χ4v) is 4.38. The number of nitrogens with one attached hydrogen (secondary N) is 1. The summed E-state index contributed by atoms with van der Waals surface area (Å²) in [6, 6.07) is 22.4. The maximum atomic E-state index is 13.4. The van der Waals surface area contributed by atoms with Crippen LogP contribution in [0, 0.1) is 5.92 Å². The molecule has 4 rings (SSSR count). The van der Waals surface area contributed by atoms with E-state index in [9.17, 15) is 4.79 Å². The smallest absolute Gasteiger partial charge is 0.154 e. The number of carbonyl (C=O) groups is 1. The van der Waals surface area contributed by atoms with Crippen molar-refractivity contribution in [3.8, 4) is 11.1 Å². The Morgan fingerprint density at radius 1 is 0.938 bits per heavy atom. The number of carbonyl (C=O) groups excluding carboxylic acids is 1. The van der Waals surface area contributed by atoms with Crippen molar-refractivity contribution in [2.24, 2.45) is 5.92 Å². The molecule has 4 heteroatoms. The molecule has 0 aliphatic carbocycles. The van der Waals surface area contributed by atoms with Gasteiger partial charge in [0.2, 0.25) is 0 Å². The largest absolute Gasteiger partial charge is 0.381 e. The normalized spacial score (nSPS) is 15.4. The van der Waals surface area contributed by atoms with Crippen LogP contribution in [0.4, 0.5) is 0 Å². The number of ketones is 1. The van der Waals surface area contributed by atoms with Crippen molar-refractivity contribution in [2.75, 3.05) is 19.8 Å². The Kier molecular flexibility index (Phi) is 8.18. The van der Waals surface area contributed by atoms with Gasteiger partial charge in [0.25, 0.3) is 0 Å². The van der Waals surface area contributed by atoms with Crippen molar-refractivity contribution in [3.63, 3.8) is 0 Å². The highest BCUT2D eigenvalue weighted by atomic mass is 16.5. The van der Waals surface area contributed by atoms with Crippen LogP contribution in [0.3, 0.4) is 0 Å². The molecule has 1 fully saturated rings. The Morgan fingerprint density at radius 2 is 1.69 bits per heavy atom. The second kappa shape index (κ2) is 11.7. The first-order valence-corrected chi connectivity index (χ1v) is 11.6. The Morgan fingerprint density at radius 3 is 2.47 bits per heavy atom. The van der Waals surface area contributed by atoms with E-state index >= 15 is 0 Å². The van der Waals surface area contributed by atoms with Gasteiger partial charge in [-0.2, -0.15) is 0 Å². The van der Waals surface area contributed by atoms with Crippen LogP contribution in [-0.2, 0) is 22.4 Å². The van der Waals surface area contributed by atoms with Gasteiger partial charge in [0.05, 0.1) is 6.04 Å². The van der Waals surface area contributed by atoms with Crippen LogP contribution < -0.4 is 5.32 Å². The molecule has 2 aromatic carbocycles. The van der Waals surface area contributed by atoms with Crippen LogP contribution in [0.15, 0.2) is 79.1 Å². The first kappa shape index (κ1) is 22.4. The summed E-state index contributed by atoms with van der Waals surface area (Å²) < 4.78 is 5.47. The van der Waals surface area contributed by atoms with E-state index in [0.29, 0.717) is 12.3 Å². The predicted molar refractivity (Wildman–Crippen MR) is 128 cm³/mol. The van der Waals surface area contributed by atoms with Gasteiger partial charge in [-0.05, 0) is 72.5 Å². The minimum absolute atomic E-state index is 0.179. The van der Waals surface area contributed by atoms with E-state index in [4.69, 9.17) is 4.74 Å². The second-order valence-corrected chi connectivity index (χ2v) is 8.62. The molecule has 1 atom stereocenters. The van der Waals surface area contributed by atoms with Crippen molar-refractivity contribution in [1.29, 1.82) is 0 Å². The lowest BCUT2D eigenvalue weighted by Gasteiger charge is -2.24. The van der Waals surface area contributed by atoms with Crippen LogP contribution in [0.25, 0.3) is 11.1 Å². The van der Waals surface area contributed by atoms with E-state index in [-0.39, 0.29) is 11.8 Å². The van der Waals surface area contributed by atoms with E-state index < -0.39 is 0 Å². The van der Waals surface area contributed by atoms with Crippen LogP contribution in [-0.4, -0.2) is 36.6 Å². The standard InChI is InChI=1S/C28H32N2O2/c31-28(21-24-7-4-8-26(19-24)25-10-14-29-15-11-25)27(20-23-5-2-1-3-6-23)30-16-9-22-12-17-32-18-13-22/h1-8,10-11,14-15,19,22,27,30H,9,12-13,16-18,20-21H2/t27-/m0/s1. The number of rotatable bonds is 10. The summed E-state index contributed by atoms with van der Waals surface area (Å²) in [6.45, 7) is 2.60. The summed E-state index contributed by atoms with van der Waals surface area (Å²) in [6.07, 6.45) is 8.09. The van der Waals surface area contributed by atoms with Gasteiger partial charge in [-0.15, -0.1) is 0 Å². The molecule has 3 aromatic rings. The lowest BCUT2D eigenvalue weighted by molar-refractivity contribution is -0.120. The molecule has 166 valence electrons. The third kappa shape index (κ3) is 6.59. The average molecular weight is 429 g/mol. The molecule has 0 radical (unpaired) electrons. The third-order valence-corrected chi connectivity index (χ3v) is 6.27. The van der Waals surface area contributed by atoms with Crippen LogP contribution >= 0.6 is 0 Å². The summed E-state index contributed by atoms with van der Waals surface area (Å²) in [5, 5.41) is 3.58. The molecule has 4 nitrogen and oxygen atoms in total. The van der Waals surface area contributed by atoms with Gasteiger partial charge in [0.15, 0.2) is 5.78 Å². The molecular weight excluding hydrogens is 396 g/mol. The highest BCUT2D eigenvalue weighted by Gasteiger charge is 2.20. The quantitative estimate of drug-likeness (QED) is 0.500. The molecule has 0 bridgehead atoms. The van der Waals surface area contributed by atoms with Crippen LogP contribution in [0.1, 0.15) is 30.4 Å². The fourth-order valence-electron chi connectivity index (χ4n) is 4.38. The van der Waals surface area contributed by atoms with Gasteiger partial charge < -0.3 is 10.1 Å². The number of nitrogens with zero attached hydrogens (tertiary/aromatic N) is 1. The van der Waals surface area contributed by atoms with E-state index in [1.807, 2.05) is 42.5 Å². The molecule has 1 aliphatic rings. The molecule has 32 heavy (non-hydrogen) atoms. The molecule has 0 spiro atoms. The highest BCUT2D eigenvalue weighted by molar-refractivity contribution is 5.86. The number of hydrogen-bond acceptors (Lipinski definition) is 4.